The van der Waals surface area contributed by atoms with E-state index in [0.29, 0.717) is 5.92 Å². The molecule has 3 aromatic rings. The molecule has 5 heteroatoms. The molecule has 1 atom stereocenters. The van der Waals surface area contributed by atoms with E-state index in [-0.39, 0.29) is 11.2 Å². The molecule has 0 saturated carbocycles. The van der Waals surface area contributed by atoms with Gasteiger partial charge in [-0.15, -0.1) is 11.3 Å². The van der Waals surface area contributed by atoms with Crippen LogP contribution >= 0.6 is 23.1 Å². The molecule has 0 aliphatic carbocycles. The molecule has 1 unspecified atom stereocenters. The number of aryl methyl sites for hydroxylation is 1. The van der Waals surface area contributed by atoms with Gasteiger partial charge < -0.3 is 5.32 Å². The predicted molar refractivity (Wildman–Crippen MR) is 109 cm³/mol. The molecule has 0 bridgehead atoms. The highest BCUT2D eigenvalue weighted by atomic mass is 32.2. The number of rotatable bonds is 5. The van der Waals surface area contributed by atoms with E-state index in [1.54, 1.807) is 11.3 Å². The first-order valence-electron chi connectivity index (χ1n) is 8.38. The molecule has 0 aliphatic heterocycles. The summed E-state index contributed by atoms with van der Waals surface area (Å²) in [6.45, 7) is 8.25. The molecule has 0 spiro atoms. The second-order valence-electron chi connectivity index (χ2n) is 6.39. The fourth-order valence-electron chi connectivity index (χ4n) is 2.67. The van der Waals surface area contributed by atoms with Crippen molar-refractivity contribution >= 4 is 44.9 Å². The van der Waals surface area contributed by atoms with Crippen molar-refractivity contribution in [2.45, 2.75) is 43.2 Å². The van der Waals surface area contributed by atoms with Gasteiger partial charge in [-0.05, 0) is 43.0 Å². The van der Waals surface area contributed by atoms with Gasteiger partial charge in [0.15, 0.2) is 4.34 Å². The Morgan fingerprint density at radius 3 is 2.60 bits per heavy atom. The zero-order valence-electron chi connectivity index (χ0n) is 14.9. The molecule has 25 heavy (non-hydrogen) atoms. The summed E-state index contributed by atoms with van der Waals surface area (Å²) in [6, 6.07) is 14.2. The summed E-state index contributed by atoms with van der Waals surface area (Å²) in [5, 5.41) is 2.92. The summed E-state index contributed by atoms with van der Waals surface area (Å²) in [6.07, 6.45) is 0. The predicted octanol–water partition coefficient (Wildman–Crippen LogP) is 5.85. The maximum atomic E-state index is 12.7. The quantitative estimate of drug-likeness (QED) is 0.573. The Hall–Kier alpha value is -1.85. The number of carbonyl (C=O) groups is 1. The van der Waals surface area contributed by atoms with Crippen LogP contribution in [0.4, 0.5) is 5.69 Å². The standard InChI is InChI=1S/C20H22N2OS2/c1-12(2)15-9-7-8-13(3)18(15)22-19(23)14(4)24-20-21-16-10-5-6-11-17(16)25-20/h5-12,14H,1-4H3,(H,22,23). The number of thiazole rings is 1. The molecule has 130 valence electrons. The fraction of sp³-hybridized carbons (Fsp3) is 0.300. The monoisotopic (exact) mass is 370 g/mol. The average Bonchev–Trinajstić information content (AvgIpc) is 2.98. The summed E-state index contributed by atoms with van der Waals surface area (Å²) < 4.78 is 2.08. The lowest BCUT2D eigenvalue weighted by molar-refractivity contribution is -0.115. The summed E-state index contributed by atoms with van der Waals surface area (Å²) in [4.78, 5) is 17.3. The minimum absolute atomic E-state index is 0.0143. The van der Waals surface area contributed by atoms with Gasteiger partial charge in [-0.1, -0.05) is 55.9 Å². The van der Waals surface area contributed by atoms with Crippen molar-refractivity contribution in [2.75, 3.05) is 5.32 Å². The Kier molecular flexibility index (Phi) is 5.45. The third-order valence-electron chi connectivity index (χ3n) is 4.10. The molecule has 3 nitrogen and oxygen atoms in total. The second kappa shape index (κ2) is 7.58. The summed E-state index contributed by atoms with van der Waals surface area (Å²) in [5.41, 5.74) is 4.20. The fourth-order valence-corrected chi connectivity index (χ4v) is 4.88. The van der Waals surface area contributed by atoms with Crippen molar-refractivity contribution in [3.05, 3.63) is 53.6 Å². The minimum Gasteiger partial charge on any atom is -0.325 e. The molecule has 2 aromatic carbocycles. The van der Waals surface area contributed by atoms with Crippen LogP contribution in [0.25, 0.3) is 10.2 Å². The molecule has 3 rings (SSSR count). The van der Waals surface area contributed by atoms with Crippen molar-refractivity contribution in [3.63, 3.8) is 0 Å². The van der Waals surface area contributed by atoms with Crippen LogP contribution < -0.4 is 5.32 Å². The number of hydrogen-bond acceptors (Lipinski definition) is 4. The number of aromatic nitrogens is 1. The van der Waals surface area contributed by atoms with Crippen molar-refractivity contribution in [3.8, 4) is 0 Å². The molecule has 1 N–H and O–H groups in total. The Morgan fingerprint density at radius 2 is 1.88 bits per heavy atom. The Morgan fingerprint density at radius 1 is 1.12 bits per heavy atom. The smallest absolute Gasteiger partial charge is 0.237 e. The number of para-hydroxylation sites is 2. The molecular weight excluding hydrogens is 348 g/mol. The maximum absolute atomic E-state index is 12.7. The number of benzene rings is 2. The van der Waals surface area contributed by atoms with E-state index in [4.69, 9.17) is 0 Å². The van der Waals surface area contributed by atoms with Crippen LogP contribution in [0.1, 0.15) is 37.8 Å². The van der Waals surface area contributed by atoms with Crippen molar-refractivity contribution < 1.29 is 4.79 Å². The first-order chi connectivity index (χ1) is 12.0. The van der Waals surface area contributed by atoms with Crippen LogP contribution in [-0.2, 0) is 4.79 Å². The van der Waals surface area contributed by atoms with Gasteiger partial charge >= 0.3 is 0 Å². The van der Waals surface area contributed by atoms with E-state index in [0.717, 1.165) is 25.8 Å². The van der Waals surface area contributed by atoms with E-state index in [2.05, 4.69) is 36.3 Å². The number of amides is 1. The topological polar surface area (TPSA) is 42.0 Å². The lowest BCUT2D eigenvalue weighted by Gasteiger charge is -2.18. The molecule has 0 saturated heterocycles. The summed E-state index contributed by atoms with van der Waals surface area (Å²) in [5.74, 6) is 0.378. The normalized spacial score (nSPS) is 12.5. The SMILES string of the molecule is Cc1cccc(C(C)C)c1NC(=O)C(C)Sc1nc2ccccc2s1. The van der Waals surface area contributed by atoms with Gasteiger partial charge in [0.1, 0.15) is 0 Å². The first-order valence-corrected chi connectivity index (χ1v) is 10.1. The second-order valence-corrected chi connectivity index (χ2v) is 9.01. The van der Waals surface area contributed by atoms with Crippen LogP contribution in [0, 0.1) is 6.92 Å². The van der Waals surface area contributed by atoms with Gasteiger partial charge in [-0.3, -0.25) is 4.79 Å². The third-order valence-corrected chi connectivity index (χ3v) is 6.33. The molecule has 0 radical (unpaired) electrons. The first kappa shape index (κ1) is 18.0. The Bertz CT molecular complexity index is 869. The highest BCUT2D eigenvalue weighted by Gasteiger charge is 2.19. The van der Waals surface area contributed by atoms with Crippen LogP contribution in [0.3, 0.4) is 0 Å². The number of fused-ring (bicyclic) bond motifs is 1. The lowest BCUT2D eigenvalue weighted by Crippen LogP contribution is -2.23. The number of nitrogens with one attached hydrogen (secondary N) is 1. The number of hydrogen-bond donors (Lipinski definition) is 1. The Labute approximate surface area is 156 Å². The average molecular weight is 371 g/mol. The van der Waals surface area contributed by atoms with E-state index in [9.17, 15) is 4.79 Å². The largest absolute Gasteiger partial charge is 0.325 e. The third kappa shape index (κ3) is 4.05. The molecule has 1 amide bonds. The van der Waals surface area contributed by atoms with E-state index >= 15 is 0 Å². The number of anilines is 1. The number of carbonyl (C=O) groups excluding carboxylic acids is 1. The van der Waals surface area contributed by atoms with Crippen LogP contribution in [-0.4, -0.2) is 16.1 Å². The van der Waals surface area contributed by atoms with Gasteiger partial charge in [0, 0.05) is 5.69 Å². The maximum Gasteiger partial charge on any atom is 0.237 e. The molecule has 1 aromatic heterocycles. The van der Waals surface area contributed by atoms with E-state index in [1.807, 2.05) is 44.2 Å². The number of nitrogens with zero attached hydrogens (tertiary/aromatic N) is 1. The molecule has 0 aliphatic rings. The summed E-state index contributed by atoms with van der Waals surface area (Å²) >= 11 is 3.14. The zero-order chi connectivity index (χ0) is 18.0. The molecule has 1 heterocycles. The highest BCUT2D eigenvalue weighted by Crippen LogP contribution is 2.33. The highest BCUT2D eigenvalue weighted by molar-refractivity contribution is 8.02. The van der Waals surface area contributed by atoms with E-state index < -0.39 is 0 Å². The zero-order valence-corrected chi connectivity index (χ0v) is 16.5. The van der Waals surface area contributed by atoms with Gasteiger partial charge in [0.2, 0.25) is 5.91 Å². The summed E-state index contributed by atoms with van der Waals surface area (Å²) in [7, 11) is 0. The van der Waals surface area contributed by atoms with Crippen molar-refractivity contribution in [1.82, 2.24) is 4.98 Å². The lowest BCUT2D eigenvalue weighted by atomic mass is 9.98. The minimum atomic E-state index is -0.208. The van der Waals surface area contributed by atoms with Gasteiger partial charge in [0.25, 0.3) is 0 Å². The van der Waals surface area contributed by atoms with Gasteiger partial charge in [-0.2, -0.15) is 0 Å². The molecular formula is C20H22N2OS2. The molecule has 0 fully saturated rings. The van der Waals surface area contributed by atoms with Gasteiger partial charge in [-0.25, -0.2) is 4.98 Å². The van der Waals surface area contributed by atoms with E-state index in [1.165, 1.54) is 17.3 Å². The van der Waals surface area contributed by atoms with Crippen LogP contribution in [0.2, 0.25) is 0 Å². The van der Waals surface area contributed by atoms with Crippen LogP contribution in [0.15, 0.2) is 46.8 Å². The van der Waals surface area contributed by atoms with Crippen molar-refractivity contribution in [1.29, 1.82) is 0 Å². The van der Waals surface area contributed by atoms with Crippen molar-refractivity contribution in [2.24, 2.45) is 0 Å². The Balaban J connectivity index is 1.75. The number of thioether (sulfide) groups is 1. The van der Waals surface area contributed by atoms with Crippen LogP contribution in [0.5, 0.6) is 0 Å². The van der Waals surface area contributed by atoms with Gasteiger partial charge in [0.05, 0.1) is 15.5 Å².